The van der Waals surface area contributed by atoms with E-state index in [-0.39, 0.29) is 24.1 Å². The van der Waals surface area contributed by atoms with Crippen LogP contribution in [0, 0.1) is 0 Å². The maximum Gasteiger partial charge on any atom is 0.312 e. The Hall–Kier alpha value is -3.34. The van der Waals surface area contributed by atoms with Gasteiger partial charge in [-0.15, -0.1) is 0 Å². The fraction of sp³-hybridized carbons (Fsp3) is 0.250. The fourth-order valence-electron chi connectivity index (χ4n) is 3.61. The van der Waals surface area contributed by atoms with E-state index in [4.69, 9.17) is 14.2 Å². The molecule has 0 bridgehead atoms. The molecule has 1 atom stereocenters. The van der Waals surface area contributed by atoms with Crippen molar-refractivity contribution in [3.05, 3.63) is 76.6 Å². The lowest BCUT2D eigenvalue weighted by Gasteiger charge is -2.26. The summed E-state index contributed by atoms with van der Waals surface area (Å²) in [5.41, 5.74) is 3.92. The molecule has 0 saturated heterocycles. The zero-order valence-corrected chi connectivity index (χ0v) is 16.7. The summed E-state index contributed by atoms with van der Waals surface area (Å²) in [6.45, 7) is 9.87. The molecular formula is C24H22O5. The highest BCUT2D eigenvalue weighted by molar-refractivity contribution is 6.13. The van der Waals surface area contributed by atoms with Crippen molar-refractivity contribution in [2.24, 2.45) is 0 Å². The van der Waals surface area contributed by atoms with Crippen molar-refractivity contribution in [2.45, 2.75) is 33.1 Å². The third-order valence-electron chi connectivity index (χ3n) is 4.98. The van der Waals surface area contributed by atoms with Crippen molar-refractivity contribution in [2.75, 3.05) is 6.61 Å². The molecule has 0 radical (unpaired) electrons. The Morgan fingerprint density at radius 3 is 2.45 bits per heavy atom. The van der Waals surface area contributed by atoms with Gasteiger partial charge in [0.25, 0.3) is 0 Å². The lowest BCUT2D eigenvalue weighted by Crippen LogP contribution is -2.21. The molecule has 0 amide bonds. The number of allylic oxidation sites excluding steroid dienone is 2. The molecule has 5 heteroatoms. The summed E-state index contributed by atoms with van der Waals surface area (Å²) < 4.78 is 17.1. The summed E-state index contributed by atoms with van der Waals surface area (Å²) >= 11 is 0. The minimum Gasteiger partial charge on any atom is -0.489 e. The van der Waals surface area contributed by atoms with E-state index < -0.39 is 0 Å². The minimum atomic E-state index is -0.309. The van der Waals surface area contributed by atoms with Crippen LogP contribution < -0.4 is 14.2 Å². The number of hydrogen-bond donors (Lipinski definition) is 0. The maximum atomic E-state index is 12.7. The number of carbonyl (C=O) groups is 2. The normalized spacial score (nSPS) is 17.2. The van der Waals surface area contributed by atoms with Crippen LogP contribution in [0.2, 0.25) is 0 Å². The molecule has 5 nitrogen and oxygen atoms in total. The number of fused-ring (bicyclic) bond motifs is 3. The molecule has 29 heavy (non-hydrogen) atoms. The summed E-state index contributed by atoms with van der Waals surface area (Å²) in [5, 5.41) is 0. The molecule has 2 aliphatic heterocycles. The number of benzene rings is 2. The van der Waals surface area contributed by atoms with Crippen LogP contribution in [-0.2, 0) is 4.79 Å². The van der Waals surface area contributed by atoms with Crippen LogP contribution in [0.15, 0.2) is 59.9 Å². The van der Waals surface area contributed by atoms with E-state index in [9.17, 15) is 9.59 Å². The molecule has 4 rings (SSSR count). The second-order valence-corrected chi connectivity index (χ2v) is 7.66. The standard InChI is InChI=1S/C24H22O5/c1-13(2)12-27-16-7-5-15(6-8-16)18-11-20(25)28-19-10-9-17-22(26)23(14(3)4)29-24(17)21(18)19/h5-10,18H,1,11-12H2,2-4H3. The first-order valence-corrected chi connectivity index (χ1v) is 9.50. The molecule has 1 unspecified atom stereocenters. The summed E-state index contributed by atoms with van der Waals surface area (Å²) in [6, 6.07) is 10.9. The zero-order valence-electron chi connectivity index (χ0n) is 16.7. The van der Waals surface area contributed by atoms with E-state index in [1.165, 1.54) is 0 Å². The van der Waals surface area contributed by atoms with Crippen molar-refractivity contribution in [3.8, 4) is 17.2 Å². The Morgan fingerprint density at radius 2 is 1.79 bits per heavy atom. The van der Waals surface area contributed by atoms with Gasteiger partial charge in [-0.05, 0) is 61.7 Å². The predicted octanol–water partition coefficient (Wildman–Crippen LogP) is 4.95. The predicted molar refractivity (Wildman–Crippen MR) is 109 cm³/mol. The first-order chi connectivity index (χ1) is 13.8. The highest BCUT2D eigenvalue weighted by Crippen LogP contribution is 2.49. The van der Waals surface area contributed by atoms with Crippen LogP contribution in [0.25, 0.3) is 0 Å². The first kappa shape index (κ1) is 19.0. The third kappa shape index (κ3) is 3.44. The fourth-order valence-corrected chi connectivity index (χ4v) is 3.61. The van der Waals surface area contributed by atoms with Crippen molar-refractivity contribution in [3.63, 3.8) is 0 Å². The number of esters is 1. The van der Waals surface area contributed by atoms with Gasteiger partial charge in [0.05, 0.1) is 12.0 Å². The van der Waals surface area contributed by atoms with Crippen molar-refractivity contribution < 1.29 is 23.8 Å². The zero-order chi connectivity index (χ0) is 20.7. The molecule has 0 spiro atoms. The first-order valence-electron chi connectivity index (χ1n) is 9.50. The van der Waals surface area contributed by atoms with Gasteiger partial charge in [-0.25, -0.2) is 0 Å². The van der Waals surface area contributed by atoms with E-state index in [2.05, 4.69) is 6.58 Å². The molecule has 0 aromatic heterocycles. The summed E-state index contributed by atoms with van der Waals surface area (Å²) in [5.74, 6) is 1.29. The molecule has 2 aromatic rings. The number of ether oxygens (including phenoxy) is 3. The number of rotatable bonds is 4. The Morgan fingerprint density at radius 1 is 1.07 bits per heavy atom. The van der Waals surface area contributed by atoms with E-state index in [0.29, 0.717) is 29.4 Å². The van der Waals surface area contributed by atoms with Crippen LogP contribution in [0.1, 0.15) is 54.6 Å². The Bertz CT molecular complexity index is 1060. The lowest BCUT2D eigenvalue weighted by atomic mass is 9.84. The van der Waals surface area contributed by atoms with Gasteiger partial charge in [-0.1, -0.05) is 18.7 Å². The minimum absolute atomic E-state index is 0.137. The van der Waals surface area contributed by atoms with Gasteiger partial charge in [-0.2, -0.15) is 0 Å². The van der Waals surface area contributed by atoms with Crippen LogP contribution in [0.3, 0.4) is 0 Å². The topological polar surface area (TPSA) is 61.8 Å². The second-order valence-electron chi connectivity index (χ2n) is 7.66. The van der Waals surface area contributed by atoms with Gasteiger partial charge >= 0.3 is 5.97 Å². The highest BCUT2D eigenvalue weighted by atomic mass is 16.5. The van der Waals surface area contributed by atoms with E-state index >= 15 is 0 Å². The quantitative estimate of drug-likeness (QED) is 0.320. The lowest BCUT2D eigenvalue weighted by molar-refractivity contribution is -0.135. The Labute approximate surface area is 169 Å². The van der Waals surface area contributed by atoms with Crippen LogP contribution in [0.4, 0.5) is 0 Å². The summed E-state index contributed by atoms with van der Waals surface area (Å²) in [6.07, 6.45) is 0.178. The molecule has 2 aromatic carbocycles. The summed E-state index contributed by atoms with van der Waals surface area (Å²) in [7, 11) is 0. The second kappa shape index (κ2) is 7.24. The molecule has 0 N–H and O–H groups in total. The molecule has 0 aliphatic carbocycles. The van der Waals surface area contributed by atoms with E-state index in [1.807, 2.05) is 45.0 Å². The average Bonchev–Trinajstić information content (AvgIpc) is 3.03. The van der Waals surface area contributed by atoms with Crippen LogP contribution in [-0.4, -0.2) is 18.4 Å². The van der Waals surface area contributed by atoms with Gasteiger partial charge in [0.2, 0.25) is 5.78 Å². The molecule has 0 fully saturated rings. The van der Waals surface area contributed by atoms with Crippen LogP contribution >= 0.6 is 0 Å². The number of ketones is 1. The van der Waals surface area contributed by atoms with Gasteiger partial charge in [0.15, 0.2) is 5.76 Å². The number of Topliss-reactive ketones (excluding diaryl/α,β-unsaturated/α-hetero) is 1. The SMILES string of the molecule is C=C(C)COc1ccc(C2CC(=O)Oc3ccc4c(c32)OC(=C(C)C)C4=O)cc1. The maximum absolute atomic E-state index is 12.7. The summed E-state index contributed by atoms with van der Waals surface area (Å²) in [4.78, 5) is 24.9. The third-order valence-corrected chi connectivity index (χ3v) is 4.98. The molecule has 2 aliphatic rings. The molecular weight excluding hydrogens is 368 g/mol. The van der Waals surface area contributed by atoms with E-state index in [1.54, 1.807) is 12.1 Å². The highest BCUT2D eigenvalue weighted by Gasteiger charge is 2.38. The van der Waals surface area contributed by atoms with Crippen LogP contribution in [0.5, 0.6) is 17.2 Å². The average molecular weight is 390 g/mol. The Kier molecular flexibility index (Phi) is 4.74. The smallest absolute Gasteiger partial charge is 0.312 e. The largest absolute Gasteiger partial charge is 0.489 e. The van der Waals surface area contributed by atoms with Gasteiger partial charge in [-0.3, -0.25) is 9.59 Å². The van der Waals surface area contributed by atoms with Gasteiger partial charge in [0.1, 0.15) is 23.9 Å². The number of hydrogen-bond acceptors (Lipinski definition) is 5. The Balaban J connectivity index is 1.75. The molecule has 2 heterocycles. The van der Waals surface area contributed by atoms with Crippen molar-refractivity contribution >= 4 is 11.8 Å². The molecule has 148 valence electrons. The van der Waals surface area contributed by atoms with E-state index in [0.717, 1.165) is 28.0 Å². The van der Waals surface area contributed by atoms with Crippen molar-refractivity contribution in [1.82, 2.24) is 0 Å². The number of carbonyl (C=O) groups excluding carboxylic acids is 2. The van der Waals surface area contributed by atoms with Gasteiger partial charge < -0.3 is 14.2 Å². The van der Waals surface area contributed by atoms with Gasteiger partial charge in [0, 0.05) is 11.5 Å². The van der Waals surface area contributed by atoms with Crippen molar-refractivity contribution in [1.29, 1.82) is 0 Å². The molecule has 0 saturated carbocycles. The monoisotopic (exact) mass is 390 g/mol.